The van der Waals surface area contributed by atoms with Crippen molar-refractivity contribution in [3.63, 3.8) is 0 Å². The Morgan fingerprint density at radius 1 is 1.47 bits per heavy atom. The van der Waals surface area contributed by atoms with Gasteiger partial charge in [0.05, 0.1) is 0 Å². The minimum Gasteiger partial charge on any atom is -0.391 e. The molecule has 0 aliphatic carbocycles. The third-order valence-electron chi connectivity index (χ3n) is 2.93. The molecule has 3 N–H and O–H groups in total. The highest BCUT2D eigenvalue weighted by Crippen LogP contribution is 2.15. The lowest BCUT2D eigenvalue weighted by molar-refractivity contribution is 0.480. The first-order valence-corrected chi connectivity index (χ1v) is 5.96. The quantitative estimate of drug-likeness (QED) is 0.615. The van der Waals surface area contributed by atoms with Crippen molar-refractivity contribution >= 4 is 0 Å². The fourth-order valence-electron chi connectivity index (χ4n) is 1.98. The van der Waals surface area contributed by atoms with Gasteiger partial charge in [-0.1, -0.05) is 20.4 Å². The van der Waals surface area contributed by atoms with Crippen LogP contribution in [0.3, 0.4) is 0 Å². The average Bonchev–Trinajstić information content (AvgIpc) is 2.65. The van der Waals surface area contributed by atoms with Crippen molar-refractivity contribution in [3.8, 4) is 0 Å². The Labute approximate surface area is 93.7 Å². The molecular weight excluding hydrogens is 186 g/mol. The number of hydrogen-bond acceptors (Lipinski definition) is 3. The van der Waals surface area contributed by atoms with Crippen LogP contribution in [0.2, 0.25) is 0 Å². The van der Waals surface area contributed by atoms with Crippen molar-refractivity contribution in [2.45, 2.75) is 38.8 Å². The van der Waals surface area contributed by atoms with E-state index in [0.29, 0.717) is 12.1 Å². The van der Waals surface area contributed by atoms with Gasteiger partial charge in [-0.2, -0.15) is 0 Å². The van der Waals surface area contributed by atoms with Crippen LogP contribution in [0.5, 0.6) is 0 Å². The molecule has 1 rings (SSSR count). The first-order chi connectivity index (χ1) is 7.13. The van der Waals surface area contributed by atoms with Crippen LogP contribution < -0.4 is 16.0 Å². The maximum absolute atomic E-state index is 4.00. The molecular formula is C12H25N3. The molecule has 88 valence electrons. The lowest BCUT2D eigenvalue weighted by Crippen LogP contribution is -2.40. The molecule has 0 aromatic rings. The Morgan fingerprint density at radius 3 is 2.80 bits per heavy atom. The summed E-state index contributed by atoms with van der Waals surface area (Å²) in [6, 6.07) is 1.07. The second kappa shape index (κ2) is 6.13. The molecule has 0 aromatic carbocycles. The van der Waals surface area contributed by atoms with Crippen LogP contribution in [0, 0.1) is 5.92 Å². The minimum atomic E-state index is 0.459. The van der Waals surface area contributed by atoms with Crippen LogP contribution in [0.25, 0.3) is 0 Å². The van der Waals surface area contributed by atoms with E-state index in [-0.39, 0.29) is 0 Å². The van der Waals surface area contributed by atoms with Crippen molar-refractivity contribution < 1.29 is 0 Å². The SMILES string of the molecule is C=C(NC)C1CCC(CNCC(C)C)N1. The van der Waals surface area contributed by atoms with Crippen molar-refractivity contribution in [3.05, 3.63) is 12.3 Å². The van der Waals surface area contributed by atoms with Gasteiger partial charge in [0.2, 0.25) is 0 Å². The Morgan fingerprint density at radius 2 is 2.20 bits per heavy atom. The molecule has 1 heterocycles. The molecule has 3 heteroatoms. The zero-order valence-electron chi connectivity index (χ0n) is 10.3. The van der Waals surface area contributed by atoms with Gasteiger partial charge >= 0.3 is 0 Å². The van der Waals surface area contributed by atoms with Gasteiger partial charge in [0.25, 0.3) is 0 Å². The highest BCUT2D eigenvalue weighted by molar-refractivity contribution is 5.06. The monoisotopic (exact) mass is 211 g/mol. The predicted molar refractivity (Wildman–Crippen MR) is 65.9 cm³/mol. The van der Waals surface area contributed by atoms with Crippen LogP contribution in [0.15, 0.2) is 12.3 Å². The van der Waals surface area contributed by atoms with E-state index in [1.807, 2.05) is 7.05 Å². The summed E-state index contributed by atoms with van der Waals surface area (Å²) in [4.78, 5) is 0. The molecule has 1 saturated heterocycles. The number of hydrogen-bond donors (Lipinski definition) is 3. The van der Waals surface area contributed by atoms with Crippen molar-refractivity contribution in [2.75, 3.05) is 20.1 Å². The average molecular weight is 211 g/mol. The zero-order valence-corrected chi connectivity index (χ0v) is 10.3. The molecule has 1 aliphatic rings. The van der Waals surface area contributed by atoms with Crippen molar-refractivity contribution in [2.24, 2.45) is 5.92 Å². The molecule has 15 heavy (non-hydrogen) atoms. The number of likely N-dealkylation sites (N-methyl/N-ethyl adjacent to an activating group) is 1. The van der Waals surface area contributed by atoms with E-state index >= 15 is 0 Å². The molecule has 0 radical (unpaired) electrons. The van der Waals surface area contributed by atoms with E-state index in [9.17, 15) is 0 Å². The van der Waals surface area contributed by atoms with Gasteiger partial charge in [0.15, 0.2) is 0 Å². The van der Waals surface area contributed by atoms with E-state index in [1.165, 1.54) is 12.8 Å². The lowest BCUT2D eigenvalue weighted by Gasteiger charge is -2.17. The van der Waals surface area contributed by atoms with E-state index in [2.05, 4.69) is 36.4 Å². The summed E-state index contributed by atoms with van der Waals surface area (Å²) in [5, 5.41) is 10.2. The first kappa shape index (κ1) is 12.5. The summed E-state index contributed by atoms with van der Waals surface area (Å²) >= 11 is 0. The molecule has 0 spiro atoms. The molecule has 3 nitrogen and oxygen atoms in total. The Kier molecular flexibility index (Phi) is 5.12. The molecule has 2 atom stereocenters. The molecule has 2 unspecified atom stereocenters. The van der Waals surface area contributed by atoms with Gasteiger partial charge in [-0.15, -0.1) is 0 Å². The van der Waals surface area contributed by atoms with E-state index in [4.69, 9.17) is 0 Å². The normalized spacial score (nSPS) is 25.9. The number of nitrogens with one attached hydrogen (secondary N) is 3. The van der Waals surface area contributed by atoms with Gasteiger partial charge in [-0.05, 0) is 25.3 Å². The summed E-state index contributed by atoms with van der Waals surface area (Å²) in [5.74, 6) is 0.731. The summed E-state index contributed by atoms with van der Waals surface area (Å²) < 4.78 is 0. The number of rotatable bonds is 6. The van der Waals surface area contributed by atoms with Crippen molar-refractivity contribution in [1.29, 1.82) is 0 Å². The zero-order chi connectivity index (χ0) is 11.3. The third kappa shape index (κ3) is 4.22. The van der Waals surface area contributed by atoms with E-state index < -0.39 is 0 Å². The lowest BCUT2D eigenvalue weighted by atomic mass is 10.1. The van der Waals surface area contributed by atoms with Crippen LogP contribution in [0.4, 0.5) is 0 Å². The molecule has 0 bridgehead atoms. The van der Waals surface area contributed by atoms with Gasteiger partial charge in [-0.25, -0.2) is 0 Å². The first-order valence-electron chi connectivity index (χ1n) is 5.96. The molecule has 0 aromatic heterocycles. The topological polar surface area (TPSA) is 36.1 Å². The molecule has 0 saturated carbocycles. The Balaban J connectivity index is 2.16. The summed E-state index contributed by atoms with van der Waals surface area (Å²) in [5.41, 5.74) is 1.11. The second-order valence-electron chi connectivity index (χ2n) is 4.82. The maximum Gasteiger partial charge on any atom is 0.0466 e. The highest BCUT2D eigenvalue weighted by atomic mass is 15.1. The highest BCUT2D eigenvalue weighted by Gasteiger charge is 2.24. The van der Waals surface area contributed by atoms with Crippen LogP contribution in [-0.2, 0) is 0 Å². The largest absolute Gasteiger partial charge is 0.391 e. The minimum absolute atomic E-state index is 0.459. The standard InChI is InChI=1S/C12H25N3/c1-9(2)7-14-8-11-5-6-12(15-11)10(3)13-4/h9,11-15H,3,5-8H2,1-2,4H3. The van der Waals surface area contributed by atoms with Crippen LogP contribution >= 0.6 is 0 Å². The predicted octanol–water partition coefficient (Wildman–Crippen LogP) is 1.09. The maximum atomic E-state index is 4.00. The fraction of sp³-hybridized carbons (Fsp3) is 0.833. The summed E-state index contributed by atoms with van der Waals surface area (Å²) in [6.45, 7) is 10.7. The second-order valence-corrected chi connectivity index (χ2v) is 4.82. The van der Waals surface area contributed by atoms with Crippen LogP contribution in [-0.4, -0.2) is 32.2 Å². The summed E-state index contributed by atoms with van der Waals surface area (Å²) in [7, 11) is 1.94. The Hall–Kier alpha value is -0.540. The molecule has 1 fully saturated rings. The fourth-order valence-corrected chi connectivity index (χ4v) is 1.98. The van der Waals surface area contributed by atoms with Gasteiger partial charge in [-0.3, -0.25) is 0 Å². The molecule has 0 amide bonds. The Bertz CT molecular complexity index is 201. The van der Waals surface area contributed by atoms with Gasteiger partial charge in [0.1, 0.15) is 0 Å². The molecule has 1 aliphatic heterocycles. The van der Waals surface area contributed by atoms with Crippen LogP contribution in [0.1, 0.15) is 26.7 Å². The van der Waals surface area contributed by atoms with E-state index in [1.54, 1.807) is 0 Å². The van der Waals surface area contributed by atoms with Gasteiger partial charge < -0.3 is 16.0 Å². The van der Waals surface area contributed by atoms with E-state index in [0.717, 1.165) is 24.7 Å². The van der Waals surface area contributed by atoms with Crippen molar-refractivity contribution in [1.82, 2.24) is 16.0 Å². The van der Waals surface area contributed by atoms with Gasteiger partial charge in [0, 0.05) is 31.4 Å². The summed E-state index contributed by atoms with van der Waals surface area (Å²) in [6.07, 6.45) is 2.45. The third-order valence-corrected chi connectivity index (χ3v) is 2.93. The smallest absolute Gasteiger partial charge is 0.0466 e.